The molecule has 0 aromatic heterocycles. The molecule has 0 bridgehead atoms. The fourth-order valence-corrected chi connectivity index (χ4v) is 1.19. The molecule has 0 aliphatic heterocycles. The molecule has 0 aliphatic rings. The summed E-state index contributed by atoms with van der Waals surface area (Å²) < 4.78 is 5.20. The molecule has 70 valence electrons. The number of carboxylic acids is 1. The first-order valence-corrected chi connectivity index (χ1v) is 4.12. The molecular formula is C10H12O3. The Morgan fingerprint density at radius 1 is 1.54 bits per heavy atom. The zero-order chi connectivity index (χ0) is 9.84. The van der Waals surface area contributed by atoms with E-state index >= 15 is 0 Å². The minimum atomic E-state index is -0.943. The van der Waals surface area contributed by atoms with Crippen molar-refractivity contribution in [3.63, 3.8) is 0 Å². The molecule has 0 unspecified atom stereocenters. The molecule has 0 aliphatic carbocycles. The molecular weight excluding hydrogens is 168 g/mol. The van der Waals surface area contributed by atoms with Gasteiger partial charge in [0.15, 0.2) is 0 Å². The lowest BCUT2D eigenvalue weighted by Gasteiger charge is -2.08. The molecule has 1 N–H and O–H groups in total. The molecule has 0 saturated heterocycles. The number of carbonyl (C=O) groups is 1. The van der Waals surface area contributed by atoms with Crippen molar-refractivity contribution in [2.75, 3.05) is 6.61 Å². The van der Waals surface area contributed by atoms with Crippen molar-refractivity contribution in [3.8, 4) is 5.75 Å². The van der Waals surface area contributed by atoms with Gasteiger partial charge in [-0.15, -0.1) is 0 Å². The van der Waals surface area contributed by atoms with Gasteiger partial charge in [-0.3, -0.25) is 0 Å². The lowest BCUT2D eigenvalue weighted by Crippen LogP contribution is -2.04. The third-order valence-corrected chi connectivity index (χ3v) is 1.75. The highest BCUT2D eigenvalue weighted by molar-refractivity contribution is 5.92. The SMILES string of the molecule is CCOc1cccc(C)c1C(=O)O. The van der Waals surface area contributed by atoms with E-state index in [0.29, 0.717) is 12.4 Å². The van der Waals surface area contributed by atoms with Crippen LogP contribution in [0.5, 0.6) is 5.75 Å². The Morgan fingerprint density at radius 3 is 2.77 bits per heavy atom. The monoisotopic (exact) mass is 180 g/mol. The standard InChI is InChI=1S/C10H12O3/c1-3-13-8-6-4-5-7(2)9(8)10(11)12/h4-6H,3H2,1-2H3,(H,11,12). The normalized spacial score (nSPS) is 9.69. The Hall–Kier alpha value is -1.51. The second-order valence-electron chi connectivity index (χ2n) is 2.69. The average molecular weight is 180 g/mol. The second kappa shape index (κ2) is 3.94. The number of ether oxygens (including phenoxy) is 1. The zero-order valence-electron chi connectivity index (χ0n) is 7.70. The highest BCUT2D eigenvalue weighted by atomic mass is 16.5. The number of aryl methyl sites for hydroxylation is 1. The predicted molar refractivity (Wildman–Crippen MR) is 49.3 cm³/mol. The fraction of sp³-hybridized carbons (Fsp3) is 0.300. The Balaban J connectivity index is 3.17. The Morgan fingerprint density at radius 2 is 2.23 bits per heavy atom. The highest BCUT2D eigenvalue weighted by Gasteiger charge is 2.12. The van der Waals surface area contributed by atoms with Gasteiger partial charge in [0.25, 0.3) is 0 Å². The number of benzene rings is 1. The fourth-order valence-electron chi connectivity index (χ4n) is 1.19. The van der Waals surface area contributed by atoms with Crippen LogP contribution in [0.15, 0.2) is 18.2 Å². The van der Waals surface area contributed by atoms with Crippen LogP contribution in [0.2, 0.25) is 0 Å². The van der Waals surface area contributed by atoms with Crippen LogP contribution in [-0.4, -0.2) is 17.7 Å². The third kappa shape index (κ3) is 1.99. The number of carboxylic acid groups (broad SMARTS) is 1. The van der Waals surface area contributed by atoms with Crippen LogP contribution in [-0.2, 0) is 0 Å². The van der Waals surface area contributed by atoms with Crippen molar-refractivity contribution in [2.45, 2.75) is 13.8 Å². The summed E-state index contributed by atoms with van der Waals surface area (Å²) in [6.45, 7) is 4.06. The van der Waals surface area contributed by atoms with E-state index in [1.165, 1.54) is 0 Å². The highest BCUT2D eigenvalue weighted by Crippen LogP contribution is 2.21. The summed E-state index contributed by atoms with van der Waals surface area (Å²) in [6, 6.07) is 5.21. The Labute approximate surface area is 77.0 Å². The van der Waals surface area contributed by atoms with Gasteiger partial charge in [0, 0.05) is 0 Å². The average Bonchev–Trinajstić information content (AvgIpc) is 2.04. The van der Waals surface area contributed by atoms with Gasteiger partial charge >= 0.3 is 5.97 Å². The minimum Gasteiger partial charge on any atom is -0.493 e. The minimum absolute atomic E-state index is 0.254. The molecule has 0 saturated carbocycles. The number of rotatable bonds is 3. The van der Waals surface area contributed by atoms with Gasteiger partial charge in [-0.2, -0.15) is 0 Å². The molecule has 0 radical (unpaired) electrons. The van der Waals surface area contributed by atoms with E-state index < -0.39 is 5.97 Å². The van der Waals surface area contributed by atoms with Crippen molar-refractivity contribution >= 4 is 5.97 Å². The maximum absolute atomic E-state index is 10.8. The molecule has 0 spiro atoms. The van der Waals surface area contributed by atoms with Crippen molar-refractivity contribution in [1.82, 2.24) is 0 Å². The van der Waals surface area contributed by atoms with Gasteiger partial charge in [0.1, 0.15) is 11.3 Å². The number of hydrogen-bond donors (Lipinski definition) is 1. The van der Waals surface area contributed by atoms with E-state index in [2.05, 4.69) is 0 Å². The Kier molecular flexibility index (Phi) is 2.90. The molecule has 0 amide bonds. The number of hydrogen-bond acceptors (Lipinski definition) is 2. The van der Waals surface area contributed by atoms with Gasteiger partial charge in [-0.1, -0.05) is 12.1 Å². The quantitative estimate of drug-likeness (QED) is 0.774. The van der Waals surface area contributed by atoms with Crippen LogP contribution in [0, 0.1) is 6.92 Å². The molecule has 1 rings (SSSR count). The van der Waals surface area contributed by atoms with Crippen LogP contribution in [0.1, 0.15) is 22.8 Å². The van der Waals surface area contributed by atoms with E-state index in [-0.39, 0.29) is 5.56 Å². The summed E-state index contributed by atoms with van der Waals surface area (Å²) >= 11 is 0. The van der Waals surface area contributed by atoms with Gasteiger partial charge in [0.05, 0.1) is 6.61 Å². The zero-order valence-corrected chi connectivity index (χ0v) is 7.70. The molecule has 3 heteroatoms. The largest absolute Gasteiger partial charge is 0.493 e. The van der Waals surface area contributed by atoms with Gasteiger partial charge in [-0.05, 0) is 25.5 Å². The first-order chi connectivity index (χ1) is 6.16. The molecule has 0 atom stereocenters. The van der Waals surface area contributed by atoms with Crippen LogP contribution in [0.3, 0.4) is 0 Å². The first-order valence-electron chi connectivity index (χ1n) is 4.12. The molecule has 0 fully saturated rings. The van der Waals surface area contributed by atoms with Crippen molar-refractivity contribution in [1.29, 1.82) is 0 Å². The van der Waals surface area contributed by atoms with E-state index in [4.69, 9.17) is 9.84 Å². The summed E-state index contributed by atoms with van der Waals surface area (Å²) in [5.41, 5.74) is 0.975. The summed E-state index contributed by atoms with van der Waals surface area (Å²) in [4.78, 5) is 10.8. The van der Waals surface area contributed by atoms with Gasteiger partial charge in [0.2, 0.25) is 0 Å². The second-order valence-corrected chi connectivity index (χ2v) is 2.69. The van der Waals surface area contributed by atoms with Crippen molar-refractivity contribution < 1.29 is 14.6 Å². The van der Waals surface area contributed by atoms with Crippen molar-refractivity contribution in [3.05, 3.63) is 29.3 Å². The third-order valence-electron chi connectivity index (χ3n) is 1.75. The summed E-state index contributed by atoms with van der Waals surface area (Å²) in [7, 11) is 0. The molecule has 1 aromatic carbocycles. The van der Waals surface area contributed by atoms with Gasteiger partial charge < -0.3 is 9.84 Å². The smallest absolute Gasteiger partial charge is 0.339 e. The predicted octanol–water partition coefficient (Wildman–Crippen LogP) is 2.09. The molecule has 1 aromatic rings. The van der Waals surface area contributed by atoms with E-state index in [0.717, 1.165) is 5.56 Å². The van der Waals surface area contributed by atoms with E-state index in [1.807, 2.05) is 6.92 Å². The van der Waals surface area contributed by atoms with Crippen LogP contribution >= 0.6 is 0 Å². The maximum Gasteiger partial charge on any atom is 0.339 e. The molecule has 13 heavy (non-hydrogen) atoms. The van der Waals surface area contributed by atoms with Gasteiger partial charge in [-0.25, -0.2) is 4.79 Å². The number of aromatic carboxylic acids is 1. The lowest BCUT2D eigenvalue weighted by molar-refractivity contribution is 0.0691. The van der Waals surface area contributed by atoms with E-state index in [9.17, 15) is 4.79 Å². The van der Waals surface area contributed by atoms with Crippen LogP contribution < -0.4 is 4.74 Å². The molecule has 0 heterocycles. The van der Waals surface area contributed by atoms with Crippen molar-refractivity contribution in [2.24, 2.45) is 0 Å². The molecule has 3 nitrogen and oxygen atoms in total. The summed E-state index contributed by atoms with van der Waals surface area (Å²) in [6.07, 6.45) is 0. The van der Waals surface area contributed by atoms with Crippen LogP contribution in [0.4, 0.5) is 0 Å². The maximum atomic E-state index is 10.8. The van der Waals surface area contributed by atoms with Crippen LogP contribution in [0.25, 0.3) is 0 Å². The summed E-state index contributed by atoms with van der Waals surface area (Å²) in [5.74, 6) is -0.503. The lowest BCUT2D eigenvalue weighted by atomic mass is 10.1. The first kappa shape index (κ1) is 9.58. The summed E-state index contributed by atoms with van der Waals surface area (Å²) in [5, 5.41) is 8.89. The van der Waals surface area contributed by atoms with E-state index in [1.54, 1.807) is 25.1 Å². The topological polar surface area (TPSA) is 46.5 Å². The Bertz CT molecular complexity index is 318.